The van der Waals surface area contributed by atoms with Crippen molar-refractivity contribution in [3.8, 4) is 0 Å². The maximum atomic E-state index is 13.1. The highest BCUT2D eigenvalue weighted by Gasteiger charge is 2.54. The number of furan rings is 1. The van der Waals surface area contributed by atoms with Gasteiger partial charge in [0, 0.05) is 11.3 Å². The molecule has 94 valence electrons. The summed E-state index contributed by atoms with van der Waals surface area (Å²) >= 11 is 0. The van der Waals surface area contributed by atoms with Crippen molar-refractivity contribution in [2.45, 2.75) is 25.7 Å². The third kappa shape index (κ3) is 1.52. The average Bonchev–Trinajstić information content (AvgIpc) is 3.03. The van der Waals surface area contributed by atoms with Crippen molar-refractivity contribution in [2.24, 2.45) is 11.1 Å². The van der Waals surface area contributed by atoms with Crippen molar-refractivity contribution in [1.29, 1.82) is 0 Å². The second-order valence-electron chi connectivity index (χ2n) is 5.07. The van der Waals surface area contributed by atoms with E-state index in [9.17, 15) is 9.18 Å². The summed E-state index contributed by atoms with van der Waals surface area (Å²) in [5.41, 5.74) is 5.62. The van der Waals surface area contributed by atoms with Gasteiger partial charge in [0.25, 0.3) is 0 Å². The fourth-order valence-corrected chi connectivity index (χ4v) is 2.55. The molecule has 3 nitrogen and oxygen atoms in total. The van der Waals surface area contributed by atoms with Gasteiger partial charge in [-0.25, -0.2) is 4.39 Å². The van der Waals surface area contributed by atoms with Crippen molar-refractivity contribution in [3.63, 3.8) is 0 Å². The molecular weight excluding hydrogens is 233 g/mol. The highest BCUT2D eigenvalue weighted by Crippen LogP contribution is 2.56. The third-order valence-corrected chi connectivity index (χ3v) is 4.03. The van der Waals surface area contributed by atoms with Crippen LogP contribution in [-0.2, 0) is 4.79 Å². The van der Waals surface area contributed by atoms with Crippen molar-refractivity contribution < 1.29 is 13.6 Å². The number of carbonyl (C=O) groups excluding carboxylic acids is 1. The predicted octanol–water partition coefficient (Wildman–Crippen LogP) is 2.94. The van der Waals surface area contributed by atoms with Crippen molar-refractivity contribution in [3.05, 3.63) is 35.8 Å². The van der Waals surface area contributed by atoms with Crippen molar-refractivity contribution in [1.82, 2.24) is 0 Å². The van der Waals surface area contributed by atoms with Crippen LogP contribution in [0.3, 0.4) is 0 Å². The Labute approximate surface area is 104 Å². The highest BCUT2D eigenvalue weighted by molar-refractivity contribution is 5.85. The van der Waals surface area contributed by atoms with Crippen LogP contribution in [0.1, 0.15) is 31.4 Å². The lowest BCUT2D eigenvalue weighted by Crippen LogP contribution is -2.29. The molecule has 1 aliphatic rings. The van der Waals surface area contributed by atoms with E-state index < -0.39 is 5.41 Å². The molecule has 1 aliphatic carbocycles. The van der Waals surface area contributed by atoms with Gasteiger partial charge >= 0.3 is 0 Å². The van der Waals surface area contributed by atoms with Crippen LogP contribution in [0.5, 0.6) is 0 Å². The van der Waals surface area contributed by atoms with Gasteiger partial charge in [-0.15, -0.1) is 0 Å². The molecule has 1 aromatic heterocycles. The van der Waals surface area contributed by atoms with Crippen LogP contribution in [0.15, 0.2) is 28.7 Å². The predicted molar refractivity (Wildman–Crippen MR) is 65.4 cm³/mol. The van der Waals surface area contributed by atoms with Gasteiger partial charge < -0.3 is 10.2 Å². The first-order valence-corrected chi connectivity index (χ1v) is 6.02. The molecule has 18 heavy (non-hydrogen) atoms. The first-order valence-electron chi connectivity index (χ1n) is 6.02. The lowest BCUT2D eigenvalue weighted by atomic mass is 9.88. The lowest BCUT2D eigenvalue weighted by molar-refractivity contribution is -0.123. The van der Waals surface area contributed by atoms with E-state index in [1.807, 2.05) is 6.92 Å². The van der Waals surface area contributed by atoms with E-state index >= 15 is 0 Å². The Kier molecular flexibility index (Phi) is 2.24. The van der Waals surface area contributed by atoms with Crippen LogP contribution in [0.25, 0.3) is 11.0 Å². The summed E-state index contributed by atoms with van der Waals surface area (Å²) < 4.78 is 18.8. The molecule has 4 heteroatoms. The lowest BCUT2D eigenvalue weighted by Gasteiger charge is -2.17. The minimum atomic E-state index is -0.466. The molecule has 2 aromatic rings. The molecule has 1 heterocycles. The first kappa shape index (κ1) is 11.3. The summed E-state index contributed by atoms with van der Waals surface area (Å²) in [6, 6.07) is 6.19. The van der Waals surface area contributed by atoms with Crippen LogP contribution >= 0.6 is 0 Å². The van der Waals surface area contributed by atoms with Crippen LogP contribution in [0.4, 0.5) is 4.39 Å². The molecule has 1 aromatic carbocycles. The summed E-state index contributed by atoms with van der Waals surface area (Å²) in [6.07, 6.45) is 1.60. The number of amides is 1. The molecule has 1 fully saturated rings. The van der Waals surface area contributed by atoms with Gasteiger partial charge in [0.15, 0.2) is 0 Å². The number of benzene rings is 1. The van der Waals surface area contributed by atoms with Gasteiger partial charge in [0.1, 0.15) is 17.2 Å². The SMILES string of the molecule is C[C@@H](c1cc2cc(F)ccc2o1)C1(C(N)=O)CC1. The Morgan fingerprint density at radius 1 is 1.44 bits per heavy atom. The molecule has 1 amide bonds. The maximum absolute atomic E-state index is 13.1. The molecule has 0 spiro atoms. The molecule has 1 atom stereocenters. The summed E-state index contributed by atoms with van der Waals surface area (Å²) in [7, 11) is 0. The van der Waals surface area contributed by atoms with E-state index in [2.05, 4.69) is 0 Å². The van der Waals surface area contributed by atoms with Crippen molar-refractivity contribution >= 4 is 16.9 Å². The third-order valence-electron chi connectivity index (χ3n) is 4.03. The van der Waals surface area contributed by atoms with Crippen LogP contribution in [0.2, 0.25) is 0 Å². The molecule has 0 aliphatic heterocycles. The molecule has 0 saturated heterocycles. The minimum Gasteiger partial charge on any atom is -0.461 e. The normalized spacial score (nSPS) is 18.8. The smallest absolute Gasteiger partial charge is 0.224 e. The van der Waals surface area contributed by atoms with Crippen LogP contribution < -0.4 is 5.73 Å². The van der Waals surface area contributed by atoms with Gasteiger partial charge in [-0.2, -0.15) is 0 Å². The number of carbonyl (C=O) groups is 1. The Morgan fingerprint density at radius 3 is 2.78 bits per heavy atom. The Bertz CT molecular complexity index is 628. The van der Waals surface area contributed by atoms with E-state index in [0.717, 1.165) is 18.2 Å². The molecule has 0 unspecified atom stereocenters. The summed E-state index contributed by atoms with van der Waals surface area (Å²) in [5, 5.41) is 0.720. The Hall–Kier alpha value is -1.84. The van der Waals surface area contributed by atoms with E-state index in [1.165, 1.54) is 12.1 Å². The maximum Gasteiger partial charge on any atom is 0.224 e. The zero-order valence-electron chi connectivity index (χ0n) is 10.1. The van der Waals surface area contributed by atoms with E-state index in [0.29, 0.717) is 11.3 Å². The fraction of sp³-hybridized carbons (Fsp3) is 0.357. The number of primary amides is 1. The number of fused-ring (bicyclic) bond motifs is 1. The molecule has 3 rings (SSSR count). The zero-order chi connectivity index (χ0) is 12.9. The summed E-state index contributed by atoms with van der Waals surface area (Å²) in [6.45, 7) is 1.94. The van der Waals surface area contributed by atoms with Crippen LogP contribution in [-0.4, -0.2) is 5.91 Å². The quantitative estimate of drug-likeness (QED) is 0.906. The second kappa shape index (κ2) is 3.57. The van der Waals surface area contributed by atoms with Crippen LogP contribution in [0, 0.1) is 11.2 Å². The minimum absolute atomic E-state index is 0.0644. The summed E-state index contributed by atoms with van der Waals surface area (Å²) in [4.78, 5) is 11.5. The molecule has 1 saturated carbocycles. The topological polar surface area (TPSA) is 56.2 Å². The van der Waals surface area contributed by atoms with E-state index in [-0.39, 0.29) is 17.6 Å². The van der Waals surface area contributed by atoms with E-state index in [1.54, 1.807) is 12.1 Å². The number of rotatable bonds is 3. The number of hydrogen-bond acceptors (Lipinski definition) is 2. The fourth-order valence-electron chi connectivity index (χ4n) is 2.55. The standard InChI is InChI=1S/C14H14FNO2/c1-8(14(4-5-14)13(16)17)12-7-9-6-10(15)2-3-11(9)18-12/h2-3,6-8H,4-5H2,1H3,(H2,16,17)/t8-/m0/s1. The molecule has 0 radical (unpaired) electrons. The van der Waals surface area contributed by atoms with Gasteiger partial charge in [-0.05, 0) is 37.1 Å². The molecule has 0 bridgehead atoms. The highest BCUT2D eigenvalue weighted by atomic mass is 19.1. The number of hydrogen-bond donors (Lipinski definition) is 1. The van der Waals surface area contributed by atoms with Gasteiger partial charge in [0.2, 0.25) is 5.91 Å². The van der Waals surface area contributed by atoms with Gasteiger partial charge in [0.05, 0.1) is 5.41 Å². The first-order chi connectivity index (χ1) is 8.53. The summed E-state index contributed by atoms with van der Waals surface area (Å²) in [5.74, 6) is 0.0672. The number of halogens is 1. The zero-order valence-corrected chi connectivity index (χ0v) is 10.1. The Morgan fingerprint density at radius 2 is 2.17 bits per heavy atom. The van der Waals surface area contributed by atoms with E-state index in [4.69, 9.17) is 10.2 Å². The van der Waals surface area contributed by atoms with Gasteiger partial charge in [-0.1, -0.05) is 6.92 Å². The number of nitrogens with two attached hydrogens (primary N) is 1. The van der Waals surface area contributed by atoms with Gasteiger partial charge in [-0.3, -0.25) is 4.79 Å². The Balaban J connectivity index is 2.02. The van der Waals surface area contributed by atoms with Crippen molar-refractivity contribution in [2.75, 3.05) is 0 Å². The monoisotopic (exact) mass is 247 g/mol. The molecular formula is C14H14FNO2. The largest absolute Gasteiger partial charge is 0.461 e. The second-order valence-corrected chi connectivity index (χ2v) is 5.07. The average molecular weight is 247 g/mol. The molecule has 2 N–H and O–H groups in total.